The number of hydrogen-bond donors (Lipinski definition) is 1. The molecule has 0 bridgehead atoms. The van der Waals surface area contributed by atoms with Gasteiger partial charge < -0.3 is 5.32 Å². The number of anilines is 1. The van der Waals surface area contributed by atoms with E-state index < -0.39 is 0 Å². The van der Waals surface area contributed by atoms with E-state index in [2.05, 4.69) is 41.5 Å². The van der Waals surface area contributed by atoms with E-state index in [0.29, 0.717) is 0 Å². The molecule has 0 radical (unpaired) electrons. The molecule has 19 heavy (non-hydrogen) atoms. The third kappa shape index (κ3) is 2.46. The molecule has 0 aliphatic heterocycles. The summed E-state index contributed by atoms with van der Waals surface area (Å²) in [6.07, 6.45) is 4.21. The monoisotopic (exact) mass is 253 g/mol. The van der Waals surface area contributed by atoms with Gasteiger partial charge in [0.1, 0.15) is 11.6 Å². The van der Waals surface area contributed by atoms with Crippen LogP contribution in [-0.4, -0.2) is 17.0 Å². The summed E-state index contributed by atoms with van der Waals surface area (Å²) in [7, 11) is 1.94. The van der Waals surface area contributed by atoms with Crippen LogP contribution in [0.25, 0.3) is 0 Å². The molecule has 1 heterocycles. The highest BCUT2D eigenvalue weighted by atomic mass is 15.0. The first-order valence-corrected chi connectivity index (χ1v) is 6.88. The Labute approximate surface area is 114 Å². The van der Waals surface area contributed by atoms with Crippen molar-refractivity contribution < 1.29 is 0 Å². The standard InChI is InChI=1S/C16H19N3/c1-11-6-8-12(9-7-11)10-15-18-14-5-3-4-13(14)16(17-2)19-15/h6-9H,3-5,10H2,1-2H3,(H,17,18,19). The Kier molecular flexibility index (Phi) is 3.20. The molecule has 1 aliphatic carbocycles. The molecule has 98 valence electrons. The van der Waals surface area contributed by atoms with E-state index >= 15 is 0 Å². The van der Waals surface area contributed by atoms with Crippen LogP contribution in [0.2, 0.25) is 0 Å². The summed E-state index contributed by atoms with van der Waals surface area (Å²) in [6.45, 7) is 2.11. The molecule has 1 aromatic heterocycles. The van der Waals surface area contributed by atoms with Gasteiger partial charge in [0, 0.05) is 24.7 Å². The van der Waals surface area contributed by atoms with E-state index in [-0.39, 0.29) is 0 Å². The molecule has 1 aromatic carbocycles. The summed E-state index contributed by atoms with van der Waals surface area (Å²) in [5, 5.41) is 3.21. The Bertz CT molecular complexity index is 588. The van der Waals surface area contributed by atoms with Crippen LogP contribution in [0.5, 0.6) is 0 Å². The molecule has 3 rings (SSSR count). The van der Waals surface area contributed by atoms with Gasteiger partial charge in [-0.1, -0.05) is 29.8 Å². The average Bonchev–Trinajstić information content (AvgIpc) is 2.89. The van der Waals surface area contributed by atoms with E-state index in [0.717, 1.165) is 30.9 Å². The quantitative estimate of drug-likeness (QED) is 0.914. The third-order valence-electron chi connectivity index (χ3n) is 3.70. The number of aromatic nitrogens is 2. The maximum Gasteiger partial charge on any atom is 0.135 e. The summed E-state index contributed by atoms with van der Waals surface area (Å²) < 4.78 is 0. The summed E-state index contributed by atoms with van der Waals surface area (Å²) in [5.41, 5.74) is 5.11. The van der Waals surface area contributed by atoms with Crippen LogP contribution >= 0.6 is 0 Å². The van der Waals surface area contributed by atoms with E-state index in [4.69, 9.17) is 4.98 Å². The van der Waals surface area contributed by atoms with Gasteiger partial charge in [0.05, 0.1) is 0 Å². The molecule has 3 nitrogen and oxygen atoms in total. The maximum absolute atomic E-state index is 4.73. The first-order valence-electron chi connectivity index (χ1n) is 6.88. The molecule has 0 amide bonds. The number of rotatable bonds is 3. The Morgan fingerprint density at radius 2 is 1.89 bits per heavy atom. The molecule has 0 atom stereocenters. The van der Waals surface area contributed by atoms with Crippen LogP contribution in [0, 0.1) is 6.92 Å². The predicted molar refractivity (Wildman–Crippen MR) is 77.6 cm³/mol. The van der Waals surface area contributed by atoms with Crippen molar-refractivity contribution in [3.8, 4) is 0 Å². The molecule has 1 aliphatic rings. The van der Waals surface area contributed by atoms with Crippen LogP contribution in [0.15, 0.2) is 24.3 Å². The minimum absolute atomic E-state index is 0.808. The number of fused-ring (bicyclic) bond motifs is 1. The molecular formula is C16H19N3. The summed E-state index contributed by atoms with van der Waals surface area (Å²) >= 11 is 0. The second-order valence-electron chi connectivity index (χ2n) is 5.18. The smallest absolute Gasteiger partial charge is 0.135 e. The largest absolute Gasteiger partial charge is 0.373 e. The van der Waals surface area contributed by atoms with Crippen molar-refractivity contribution in [1.82, 2.24) is 9.97 Å². The zero-order valence-electron chi connectivity index (χ0n) is 11.5. The SMILES string of the molecule is CNc1nc(Cc2ccc(C)cc2)nc2c1CCC2. The lowest BCUT2D eigenvalue weighted by atomic mass is 10.1. The van der Waals surface area contributed by atoms with Gasteiger partial charge in [-0.15, -0.1) is 0 Å². The van der Waals surface area contributed by atoms with Crippen molar-refractivity contribution >= 4 is 5.82 Å². The first kappa shape index (κ1) is 12.2. The number of nitrogens with one attached hydrogen (secondary N) is 1. The van der Waals surface area contributed by atoms with Gasteiger partial charge >= 0.3 is 0 Å². The molecule has 1 N–H and O–H groups in total. The highest BCUT2D eigenvalue weighted by Gasteiger charge is 2.18. The van der Waals surface area contributed by atoms with Crippen LogP contribution in [0.1, 0.15) is 34.6 Å². The highest BCUT2D eigenvalue weighted by molar-refractivity contribution is 5.48. The van der Waals surface area contributed by atoms with Gasteiger partial charge in [-0.05, 0) is 31.7 Å². The number of aryl methyl sites for hydroxylation is 2. The number of nitrogens with zero attached hydrogens (tertiary/aromatic N) is 2. The predicted octanol–water partition coefficient (Wildman–Crippen LogP) is 2.91. The highest BCUT2D eigenvalue weighted by Crippen LogP contribution is 2.26. The summed E-state index contributed by atoms with van der Waals surface area (Å²) in [6, 6.07) is 8.60. The van der Waals surface area contributed by atoms with Crippen molar-refractivity contribution in [3.63, 3.8) is 0 Å². The molecule has 0 saturated heterocycles. The minimum Gasteiger partial charge on any atom is -0.373 e. The van der Waals surface area contributed by atoms with Crippen molar-refractivity contribution in [2.75, 3.05) is 12.4 Å². The lowest BCUT2D eigenvalue weighted by molar-refractivity contribution is 0.885. The molecule has 0 saturated carbocycles. The van der Waals surface area contributed by atoms with Crippen LogP contribution < -0.4 is 5.32 Å². The Balaban J connectivity index is 1.91. The minimum atomic E-state index is 0.808. The maximum atomic E-state index is 4.73. The molecular weight excluding hydrogens is 234 g/mol. The van der Waals surface area contributed by atoms with Gasteiger partial charge in [0.2, 0.25) is 0 Å². The third-order valence-corrected chi connectivity index (χ3v) is 3.70. The Hall–Kier alpha value is -1.90. The second-order valence-corrected chi connectivity index (χ2v) is 5.18. The molecule has 2 aromatic rings. The van der Waals surface area contributed by atoms with Gasteiger partial charge in [-0.25, -0.2) is 9.97 Å². The van der Waals surface area contributed by atoms with Gasteiger partial charge in [0.15, 0.2) is 0 Å². The lowest BCUT2D eigenvalue weighted by Crippen LogP contribution is -2.06. The number of hydrogen-bond acceptors (Lipinski definition) is 3. The van der Waals surface area contributed by atoms with Crippen molar-refractivity contribution in [2.24, 2.45) is 0 Å². The molecule has 0 fully saturated rings. The number of benzene rings is 1. The zero-order valence-corrected chi connectivity index (χ0v) is 11.5. The first-order chi connectivity index (χ1) is 9.26. The van der Waals surface area contributed by atoms with Crippen molar-refractivity contribution in [1.29, 1.82) is 0 Å². The molecule has 0 unspecified atom stereocenters. The van der Waals surface area contributed by atoms with E-state index in [9.17, 15) is 0 Å². The fourth-order valence-corrected chi connectivity index (χ4v) is 2.66. The normalized spacial score (nSPS) is 13.4. The van der Waals surface area contributed by atoms with Gasteiger partial charge in [-0.2, -0.15) is 0 Å². The average molecular weight is 253 g/mol. The fraction of sp³-hybridized carbons (Fsp3) is 0.375. The van der Waals surface area contributed by atoms with Crippen molar-refractivity contribution in [3.05, 3.63) is 52.5 Å². The van der Waals surface area contributed by atoms with Crippen LogP contribution in [0.3, 0.4) is 0 Å². The van der Waals surface area contributed by atoms with Gasteiger partial charge in [0.25, 0.3) is 0 Å². The zero-order chi connectivity index (χ0) is 13.2. The molecule has 3 heteroatoms. The van der Waals surface area contributed by atoms with Crippen LogP contribution in [-0.2, 0) is 19.3 Å². The Morgan fingerprint density at radius 1 is 1.11 bits per heavy atom. The van der Waals surface area contributed by atoms with Crippen molar-refractivity contribution in [2.45, 2.75) is 32.6 Å². The van der Waals surface area contributed by atoms with Gasteiger partial charge in [-0.3, -0.25) is 0 Å². The Morgan fingerprint density at radius 3 is 2.63 bits per heavy atom. The fourth-order valence-electron chi connectivity index (χ4n) is 2.66. The van der Waals surface area contributed by atoms with E-state index in [1.807, 2.05) is 7.05 Å². The summed E-state index contributed by atoms with van der Waals surface area (Å²) in [5.74, 6) is 1.94. The lowest BCUT2D eigenvalue weighted by Gasteiger charge is -2.09. The summed E-state index contributed by atoms with van der Waals surface area (Å²) in [4.78, 5) is 9.39. The topological polar surface area (TPSA) is 37.8 Å². The van der Waals surface area contributed by atoms with E-state index in [1.165, 1.54) is 28.8 Å². The second kappa shape index (κ2) is 5.00. The van der Waals surface area contributed by atoms with E-state index in [1.54, 1.807) is 0 Å². The molecule has 0 spiro atoms. The van der Waals surface area contributed by atoms with Crippen LogP contribution in [0.4, 0.5) is 5.82 Å².